The van der Waals surface area contributed by atoms with Gasteiger partial charge in [0.15, 0.2) is 18.1 Å². The number of nitrogens with zero attached hydrogens (tertiary/aromatic N) is 1. The van der Waals surface area contributed by atoms with Crippen molar-refractivity contribution >= 4 is 28.1 Å². The van der Waals surface area contributed by atoms with Crippen LogP contribution in [0.5, 0.6) is 17.2 Å². The van der Waals surface area contributed by atoms with E-state index in [2.05, 4.69) is 53.3 Å². The van der Waals surface area contributed by atoms with E-state index in [1.807, 2.05) is 49.4 Å². The average Bonchev–Trinajstić information content (AvgIpc) is 2.84. The molecule has 0 aromatic heterocycles. The lowest BCUT2D eigenvalue weighted by atomic mass is 10.0. The van der Waals surface area contributed by atoms with Gasteiger partial charge in [-0.25, -0.2) is 5.43 Å². The fourth-order valence-corrected chi connectivity index (χ4v) is 3.77. The van der Waals surface area contributed by atoms with Crippen LogP contribution in [0.3, 0.4) is 0 Å². The van der Waals surface area contributed by atoms with Gasteiger partial charge in [-0.05, 0) is 77.9 Å². The Kier molecular flexibility index (Phi) is 9.32. The molecule has 0 fully saturated rings. The Labute approximate surface area is 215 Å². The van der Waals surface area contributed by atoms with Crippen molar-refractivity contribution in [3.63, 3.8) is 0 Å². The third-order valence-electron chi connectivity index (χ3n) is 5.51. The first kappa shape index (κ1) is 26.3. The maximum absolute atomic E-state index is 12.3. The summed E-state index contributed by atoms with van der Waals surface area (Å²) in [7, 11) is 1.59. The van der Waals surface area contributed by atoms with Crippen LogP contribution in [-0.2, 0) is 11.4 Å². The highest BCUT2D eigenvalue weighted by molar-refractivity contribution is 9.10. The normalized spacial score (nSPS) is 11.1. The molecule has 184 valence electrons. The topological polar surface area (TPSA) is 69.2 Å². The van der Waals surface area contributed by atoms with Crippen LogP contribution in [-0.4, -0.2) is 25.8 Å². The highest BCUT2D eigenvalue weighted by Gasteiger charge is 2.12. The molecule has 1 amide bonds. The van der Waals surface area contributed by atoms with Crippen LogP contribution in [0, 0.1) is 13.8 Å². The van der Waals surface area contributed by atoms with Gasteiger partial charge in [-0.1, -0.05) is 54.0 Å². The fraction of sp³-hybridized carbons (Fsp3) is 0.286. The summed E-state index contributed by atoms with van der Waals surface area (Å²) in [5, 5.41) is 4.04. The fourth-order valence-electron chi connectivity index (χ4n) is 3.41. The molecule has 3 aromatic carbocycles. The molecule has 1 N–H and O–H groups in total. The van der Waals surface area contributed by atoms with Gasteiger partial charge in [-0.2, -0.15) is 5.10 Å². The molecule has 0 atom stereocenters. The average molecular weight is 539 g/mol. The maximum Gasteiger partial charge on any atom is 0.277 e. The molecule has 0 aliphatic heterocycles. The number of hydrogen-bond donors (Lipinski definition) is 1. The van der Waals surface area contributed by atoms with Gasteiger partial charge in [0.2, 0.25) is 0 Å². The van der Waals surface area contributed by atoms with Gasteiger partial charge in [-0.15, -0.1) is 0 Å². The van der Waals surface area contributed by atoms with E-state index in [1.54, 1.807) is 19.4 Å². The van der Waals surface area contributed by atoms with E-state index in [9.17, 15) is 4.79 Å². The SMILES string of the molecule is COc1cc(/C=N/NC(=O)COc2cc(C)c(Br)cc2C(C)C)ccc1OCc1ccccc1C. The number of hydrogen-bond acceptors (Lipinski definition) is 5. The van der Waals surface area contributed by atoms with Crippen LogP contribution in [0.4, 0.5) is 0 Å². The monoisotopic (exact) mass is 538 g/mol. The summed E-state index contributed by atoms with van der Waals surface area (Å²) < 4.78 is 18.2. The summed E-state index contributed by atoms with van der Waals surface area (Å²) in [4.78, 5) is 12.3. The first-order valence-corrected chi connectivity index (χ1v) is 12.2. The number of ether oxygens (including phenoxy) is 3. The van der Waals surface area contributed by atoms with Crippen molar-refractivity contribution in [1.82, 2.24) is 5.43 Å². The first-order valence-electron chi connectivity index (χ1n) is 11.4. The molecule has 0 bridgehead atoms. The molecule has 0 unspecified atom stereocenters. The minimum Gasteiger partial charge on any atom is -0.493 e. The van der Waals surface area contributed by atoms with E-state index in [0.29, 0.717) is 23.9 Å². The second-order valence-electron chi connectivity index (χ2n) is 8.50. The third-order valence-corrected chi connectivity index (χ3v) is 6.36. The van der Waals surface area contributed by atoms with Gasteiger partial charge in [-0.3, -0.25) is 4.79 Å². The minimum absolute atomic E-state index is 0.132. The molecule has 0 heterocycles. The van der Waals surface area contributed by atoms with E-state index >= 15 is 0 Å². The quantitative estimate of drug-likeness (QED) is 0.242. The van der Waals surface area contributed by atoms with E-state index in [-0.39, 0.29) is 18.4 Å². The van der Waals surface area contributed by atoms with Crippen molar-refractivity contribution in [2.24, 2.45) is 5.10 Å². The standard InChI is InChI=1S/C28H31BrN2O4/c1-18(2)23-14-24(29)20(4)12-26(23)35-17-28(32)31-30-15-21-10-11-25(27(13-21)33-5)34-16-22-9-7-6-8-19(22)3/h6-15,18H,16-17H2,1-5H3,(H,31,32)/b30-15+. The summed E-state index contributed by atoms with van der Waals surface area (Å²) in [6.45, 7) is 8.52. The van der Waals surface area contributed by atoms with Crippen molar-refractivity contribution in [1.29, 1.82) is 0 Å². The predicted molar refractivity (Wildman–Crippen MR) is 143 cm³/mol. The number of nitrogens with one attached hydrogen (secondary N) is 1. The number of methoxy groups -OCH3 is 1. The molecule has 7 heteroatoms. The van der Waals surface area contributed by atoms with Crippen molar-refractivity contribution < 1.29 is 19.0 Å². The van der Waals surface area contributed by atoms with Gasteiger partial charge in [0.05, 0.1) is 13.3 Å². The lowest BCUT2D eigenvalue weighted by Crippen LogP contribution is -2.25. The number of aryl methyl sites for hydroxylation is 2. The lowest BCUT2D eigenvalue weighted by molar-refractivity contribution is -0.123. The van der Waals surface area contributed by atoms with Crippen molar-refractivity contribution in [3.05, 3.63) is 86.9 Å². The summed E-state index contributed by atoms with van der Waals surface area (Å²) >= 11 is 3.55. The molecule has 3 rings (SSSR count). The van der Waals surface area contributed by atoms with Crippen molar-refractivity contribution in [3.8, 4) is 17.2 Å². The Morgan fingerprint density at radius 1 is 1.00 bits per heavy atom. The molecule has 35 heavy (non-hydrogen) atoms. The highest BCUT2D eigenvalue weighted by Crippen LogP contribution is 2.32. The summed E-state index contributed by atoms with van der Waals surface area (Å²) in [5.74, 6) is 1.84. The Morgan fingerprint density at radius 3 is 2.49 bits per heavy atom. The number of carbonyl (C=O) groups is 1. The van der Waals surface area contributed by atoms with Crippen LogP contribution in [0.1, 0.15) is 47.6 Å². The molecule has 0 aliphatic carbocycles. The molecule has 3 aromatic rings. The smallest absolute Gasteiger partial charge is 0.277 e. The highest BCUT2D eigenvalue weighted by atomic mass is 79.9. The molecule has 0 saturated heterocycles. The number of halogens is 1. The van der Waals surface area contributed by atoms with Gasteiger partial charge in [0, 0.05) is 4.47 Å². The Bertz CT molecular complexity index is 1210. The van der Waals surface area contributed by atoms with Gasteiger partial charge < -0.3 is 14.2 Å². The van der Waals surface area contributed by atoms with Crippen LogP contribution in [0.2, 0.25) is 0 Å². The van der Waals surface area contributed by atoms with E-state index in [4.69, 9.17) is 14.2 Å². The first-order chi connectivity index (χ1) is 16.8. The van der Waals surface area contributed by atoms with Crippen molar-refractivity contribution in [2.75, 3.05) is 13.7 Å². The molecule has 0 spiro atoms. The number of amides is 1. The Balaban J connectivity index is 1.57. The van der Waals surface area contributed by atoms with Crippen LogP contribution < -0.4 is 19.6 Å². The van der Waals surface area contributed by atoms with E-state index in [0.717, 1.165) is 26.7 Å². The molecule has 6 nitrogen and oxygen atoms in total. The van der Waals surface area contributed by atoms with Gasteiger partial charge in [0.25, 0.3) is 5.91 Å². The predicted octanol–water partition coefficient (Wildman–Crippen LogP) is 6.31. The number of hydrazone groups is 1. The van der Waals surface area contributed by atoms with Crippen LogP contribution >= 0.6 is 15.9 Å². The molecular formula is C28H31BrN2O4. The lowest BCUT2D eigenvalue weighted by Gasteiger charge is -2.15. The van der Waals surface area contributed by atoms with E-state index < -0.39 is 0 Å². The number of carbonyl (C=O) groups excluding carboxylic acids is 1. The third kappa shape index (κ3) is 7.33. The zero-order valence-electron chi connectivity index (χ0n) is 20.7. The minimum atomic E-state index is -0.346. The molecular weight excluding hydrogens is 508 g/mol. The molecule has 0 saturated carbocycles. The van der Waals surface area contributed by atoms with Crippen LogP contribution in [0.25, 0.3) is 0 Å². The molecule has 0 aliphatic rings. The van der Waals surface area contributed by atoms with Crippen molar-refractivity contribution in [2.45, 2.75) is 40.2 Å². The Hall–Kier alpha value is -3.32. The Morgan fingerprint density at radius 2 is 1.77 bits per heavy atom. The largest absolute Gasteiger partial charge is 0.493 e. The zero-order valence-corrected chi connectivity index (χ0v) is 22.3. The zero-order chi connectivity index (χ0) is 25.4. The second kappa shape index (κ2) is 12.4. The number of benzene rings is 3. The summed E-state index contributed by atoms with van der Waals surface area (Å²) in [6.07, 6.45) is 1.55. The maximum atomic E-state index is 12.3. The van der Waals surface area contributed by atoms with Gasteiger partial charge >= 0.3 is 0 Å². The second-order valence-corrected chi connectivity index (χ2v) is 9.36. The van der Waals surface area contributed by atoms with Crippen LogP contribution in [0.15, 0.2) is 64.2 Å². The molecule has 0 radical (unpaired) electrons. The summed E-state index contributed by atoms with van der Waals surface area (Å²) in [6, 6.07) is 17.5. The van der Waals surface area contributed by atoms with E-state index in [1.165, 1.54) is 5.56 Å². The van der Waals surface area contributed by atoms with Gasteiger partial charge in [0.1, 0.15) is 12.4 Å². The number of rotatable bonds is 10. The summed E-state index contributed by atoms with van der Waals surface area (Å²) in [5.41, 5.74) is 7.64.